The van der Waals surface area contributed by atoms with Gasteiger partial charge in [-0.25, -0.2) is 0 Å². The molecule has 0 aromatic heterocycles. The average molecular weight is 232 g/mol. The predicted molar refractivity (Wildman–Crippen MR) is 80.2 cm³/mol. The van der Waals surface area contributed by atoms with Crippen LogP contribution in [0, 0.1) is 0 Å². The first-order chi connectivity index (χ1) is 8.41. The predicted octanol–water partition coefficient (Wildman–Crippen LogP) is 5.98. The van der Waals surface area contributed by atoms with Crippen molar-refractivity contribution in [1.29, 1.82) is 0 Å². The van der Waals surface area contributed by atoms with E-state index in [1.165, 1.54) is 44.9 Å². The molecule has 0 bridgehead atoms. The minimum atomic E-state index is 1.22. The average Bonchev–Trinajstić information content (AvgIpc) is 2.35. The highest BCUT2D eigenvalue weighted by Gasteiger charge is 1.87. The maximum Gasteiger partial charge on any atom is -0.0348 e. The van der Waals surface area contributed by atoms with Crippen molar-refractivity contribution >= 4 is 0 Å². The van der Waals surface area contributed by atoms with Gasteiger partial charge >= 0.3 is 0 Å². The normalized spacial score (nSPS) is 12.8. The van der Waals surface area contributed by atoms with Gasteiger partial charge in [-0.2, -0.15) is 0 Å². The molecular formula is C17H28. The second kappa shape index (κ2) is 15.0. The molecule has 0 saturated carbocycles. The lowest BCUT2D eigenvalue weighted by atomic mass is 10.1. The summed E-state index contributed by atoms with van der Waals surface area (Å²) in [6.07, 6.45) is 26.2. The van der Waals surface area contributed by atoms with E-state index >= 15 is 0 Å². The van der Waals surface area contributed by atoms with Crippen LogP contribution < -0.4 is 0 Å². The summed E-state index contributed by atoms with van der Waals surface area (Å²) >= 11 is 0. The molecule has 0 unspecified atom stereocenters. The van der Waals surface area contributed by atoms with E-state index in [2.05, 4.69) is 37.3 Å². The van der Waals surface area contributed by atoms with Crippen LogP contribution >= 0.6 is 0 Å². The molecule has 0 rings (SSSR count). The Bertz CT molecular complexity index is 241. The fourth-order valence-corrected chi connectivity index (χ4v) is 1.59. The summed E-state index contributed by atoms with van der Waals surface area (Å²) in [4.78, 5) is 0. The second-order valence-electron chi connectivity index (χ2n) is 4.28. The summed E-state index contributed by atoms with van der Waals surface area (Å²) in [6.45, 7) is 4.29. The molecule has 0 aromatic rings. The van der Waals surface area contributed by atoms with Crippen molar-refractivity contribution in [2.75, 3.05) is 0 Å². The first-order valence-corrected chi connectivity index (χ1v) is 7.03. The Labute approximate surface area is 108 Å². The van der Waals surface area contributed by atoms with Gasteiger partial charge in [0.15, 0.2) is 0 Å². The van der Waals surface area contributed by atoms with E-state index < -0.39 is 0 Å². The molecule has 0 aromatic carbocycles. The highest BCUT2D eigenvalue weighted by Crippen LogP contribution is 2.07. The van der Waals surface area contributed by atoms with Crippen molar-refractivity contribution in [3.63, 3.8) is 0 Å². The maximum absolute atomic E-state index is 2.26. The fourth-order valence-electron chi connectivity index (χ4n) is 1.59. The van der Waals surface area contributed by atoms with Crippen LogP contribution in [-0.2, 0) is 0 Å². The molecule has 0 fully saturated rings. The summed E-state index contributed by atoms with van der Waals surface area (Å²) in [5, 5.41) is 0. The van der Waals surface area contributed by atoms with E-state index in [1.54, 1.807) is 0 Å². The summed E-state index contributed by atoms with van der Waals surface area (Å²) in [5.74, 6) is 0. The number of hydrogen-bond donors (Lipinski definition) is 0. The van der Waals surface area contributed by atoms with E-state index in [0.717, 1.165) is 0 Å². The molecule has 96 valence electrons. The molecule has 0 atom stereocenters. The number of hydrogen-bond acceptors (Lipinski definition) is 0. The Morgan fingerprint density at radius 1 is 0.647 bits per heavy atom. The van der Waals surface area contributed by atoms with Crippen LogP contribution in [0.3, 0.4) is 0 Å². The van der Waals surface area contributed by atoms with Crippen LogP contribution in [0.2, 0.25) is 0 Å². The number of unbranched alkanes of at least 4 members (excludes halogenated alkanes) is 6. The van der Waals surface area contributed by atoms with Gasteiger partial charge in [-0.1, -0.05) is 87.6 Å². The zero-order chi connectivity index (χ0) is 12.6. The van der Waals surface area contributed by atoms with Gasteiger partial charge in [0.05, 0.1) is 0 Å². The molecule has 0 heteroatoms. The van der Waals surface area contributed by atoms with E-state index in [1.807, 2.05) is 25.2 Å². The third kappa shape index (κ3) is 15.0. The molecule has 0 aliphatic carbocycles. The van der Waals surface area contributed by atoms with Crippen LogP contribution in [0.1, 0.15) is 58.8 Å². The summed E-state index contributed by atoms with van der Waals surface area (Å²) in [6, 6.07) is 0. The van der Waals surface area contributed by atoms with Crippen molar-refractivity contribution in [2.45, 2.75) is 58.8 Å². The van der Waals surface area contributed by atoms with Gasteiger partial charge in [0, 0.05) is 0 Å². The van der Waals surface area contributed by atoms with Crippen molar-refractivity contribution < 1.29 is 0 Å². The van der Waals surface area contributed by atoms with Gasteiger partial charge in [0.2, 0.25) is 0 Å². The van der Waals surface area contributed by atoms with Gasteiger partial charge < -0.3 is 0 Å². The Balaban J connectivity index is 3.30. The molecule has 0 heterocycles. The lowest BCUT2D eigenvalue weighted by Gasteiger charge is -1.97. The first kappa shape index (κ1) is 16.0. The van der Waals surface area contributed by atoms with Crippen molar-refractivity contribution in [3.05, 3.63) is 48.6 Å². The smallest absolute Gasteiger partial charge is 0.0348 e. The molecule has 17 heavy (non-hydrogen) atoms. The van der Waals surface area contributed by atoms with Crippen LogP contribution in [-0.4, -0.2) is 0 Å². The lowest BCUT2D eigenvalue weighted by molar-refractivity contribution is 0.611. The molecule has 0 aliphatic heterocycles. The molecule has 0 nitrogen and oxygen atoms in total. The zero-order valence-electron chi connectivity index (χ0n) is 11.6. The Morgan fingerprint density at radius 2 is 1.24 bits per heavy atom. The molecule has 0 N–H and O–H groups in total. The van der Waals surface area contributed by atoms with Gasteiger partial charge in [-0.3, -0.25) is 0 Å². The monoisotopic (exact) mass is 232 g/mol. The maximum atomic E-state index is 2.26. The lowest BCUT2D eigenvalue weighted by Crippen LogP contribution is -1.77. The molecule has 0 amide bonds. The zero-order valence-corrected chi connectivity index (χ0v) is 11.6. The van der Waals surface area contributed by atoms with Crippen LogP contribution in [0.25, 0.3) is 0 Å². The van der Waals surface area contributed by atoms with E-state index in [-0.39, 0.29) is 0 Å². The highest BCUT2D eigenvalue weighted by atomic mass is 13.9. The number of rotatable bonds is 10. The van der Waals surface area contributed by atoms with Gasteiger partial charge in [0.1, 0.15) is 0 Å². The van der Waals surface area contributed by atoms with Crippen LogP contribution in [0.15, 0.2) is 48.6 Å². The third-order valence-corrected chi connectivity index (χ3v) is 2.61. The van der Waals surface area contributed by atoms with E-state index in [9.17, 15) is 0 Å². The van der Waals surface area contributed by atoms with Gasteiger partial charge in [0.25, 0.3) is 0 Å². The third-order valence-electron chi connectivity index (χ3n) is 2.61. The van der Waals surface area contributed by atoms with Crippen LogP contribution in [0.4, 0.5) is 0 Å². The van der Waals surface area contributed by atoms with Crippen molar-refractivity contribution in [3.8, 4) is 0 Å². The van der Waals surface area contributed by atoms with Crippen molar-refractivity contribution in [2.24, 2.45) is 0 Å². The van der Waals surface area contributed by atoms with E-state index in [0.29, 0.717) is 0 Å². The topological polar surface area (TPSA) is 0 Å². The Hall–Kier alpha value is -1.04. The van der Waals surface area contributed by atoms with Crippen molar-refractivity contribution in [1.82, 2.24) is 0 Å². The molecule has 0 saturated heterocycles. The minimum absolute atomic E-state index is 1.22. The first-order valence-electron chi connectivity index (χ1n) is 7.03. The van der Waals surface area contributed by atoms with Gasteiger partial charge in [-0.05, 0) is 19.8 Å². The van der Waals surface area contributed by atoms with E-state index in [4.69, 9.17) is 0 Å². The fraction of sp³-hybridized carbons (Fsp3) is 0.529. The Morgan fingerprint density at radius 3 is 1.94 bits per heavy atom. The largest absolute Gasteiger partial charge is 0.0877 e. The standard InChI is InChI=1S/C17H28/c1-3-5-7-9-11-13-15-17-16-14-12-10-8-6-4-2/h3,5,7,9,11,13,15,17H,4,6,8,10,12,14,16H2,1-2H3. The molecular weight excluding hydrogens is 204 g/mol. The quantitative estimate of drug-likeness (QED) is 0.321. The molecule has 0 radical (unpaired) electrons. The highest BCUT2D eigenvalue weighted by molar-refractivity contribution is 5.14. The van der Waals surface area contributed by atoms with Gasteiger partial charge in [-0.15, -0.1) is 0 Å². The second-order valence-corrected chi connectivity index (χ2v) is 4.28. The Kier molecular flexibility index (Phi) is 14.0. The summed E-state index contributed by atoms with van der Waals surface area (Å²) < 4.78 is 0. The summed E-state index contributed by atoms with van der Waals surface area (Å²) in [7, 11) is 0. The SMILES string of the molecule is CC=CC=CC=CC=CCCCCCCCC. The number of allylic oxidation sites excluding steroid dienone is 8. The molecule has 0 spiro atoms. The minimum Gasteiger partial charge on any atom is -0.0877 e. The molecule has 0 aliphatic rings. The van der Waals surface area contributed by atoms with Crippen LogP contribution in [0.5, 0.6) is 0 Å². The summed E-state index contributed by atoms with van der Waals surface area (Å²) in [5.41, 5.74) is 0.